The highest BCUT2D eigenvalue weighted by molar-refractivity contribution is 8.00. The fourth-order valence-electron chi connectivity index (χ4n) is 1.89. The topological polar surface area (TPSA) is 38.0 Å². The maximum atomic E-state index is 5.64. The van der Waals surface area contributed by atoms with Crippen LogP contribution in [0.2, 0.25) is 0 Å². The van der Waals surface area contributed by atoms with Gasteiger partial charge in [-0.1, -0.05) is 6.42 Å². The molecule has 0 spiro atoms. The third kappa shape index (κ3) is 2.40. The van der Waals surface area contributed by atoms with Gasteiger partial charge in [-0.15, -0.1) is 0 Å². The van der Waals surface area contributed by atoms with E-state index in [1.165, 1.54) is 24.9 Å². The highest BCUT2D eigenvalue weighted by Gasteiger charge is 2.35. The lowest BCUT2D eigenvalue weighted by Crippen LogP contribution is -2.40. The zero-order valence-electron chi connectivity index (χ0n) is 9.12. The van der Waals surface area contributed by atoms with Gasteiger partial charge < -0.3 is 11.1 Å². The monoisotopic (exact) mass is 222 g/mol. The maximum Gasteiger partial charge on any atom is 0.0342 e. The van der Waals surface area contributed by atoms with E-state index >= 15 is 0 Å². The number of anilines is 2. The third-order valence-corrected chi connectivity index (χ3v) is 4.64. The SMILES string of the molecule is CSC1(CNc2ccc(N)cc2)CCC1. The van der Waals surface area contributed by atoms with Crippen LogP contribution in [0.1, 0.15) is 19.3 Å². The summed E-state index contributed by atoms with van der Waals surface area (Å²) in [7, 11) is 0. The van der Waals surface area contributed by atoms with E-state index in [1.807, 2.05) is 36.0 Å². The van der Waals surface area contributed by atoms with Crippen LogP contribution < -0.4 is 11.1 Å². The minimum absolute atomic E-state index is 0.487. The fraction of sp³-hybridized carbons (Fsp3) is 0.500. The number of nitrogens with two attached hydrogens (primary N) is 1. The first kappa shape index (κ1) is 10.7. The van der Waals surface area contributed by atoms with Crippen molar-refractivity contribution < 1.29 is 0 Å². The van der Waals surface area contributed by atoms with Crippen molar-refractivity contribution in [2.24, 2.45) is 0 Å². The van der Waals surface area contributed by atoms with Crippen LogP contribution in [0, 0.1) is 0 Å². The van der Waals surface area contributed by atoms with Crippen molar-refractivity contribution in [3.8, 4) is 0 Å². The summed E-state index contributed by atoms with van der Waals surface area (Å²) in [5.41, 5.74) is 7.63. The summed E-state index contributed by atoms with van der Waals surface area (Å²) in [6, 6.07) is 7.97. The Hall–Kier alpha value is -0.830. The molecule has 3 heteroatoms. The van der Waals surface area contributed by atoms with E-state index < -0.39 is 0 Å². The van der Waals surface area contributed by atoms with Gasteiger partial charge in [-0.05, 0) is 43.4 Å². The molecular formula is C12H18N2S. The van der Waals surface area contributed by atoms with Crippen LogP contribution in [-0.4, -0.2) is 17.5 Å². The molecule has 0 aliphatic heterocycles. The minimum Gasteiger partial charge on any atom is -0.399 e. The van der Waals surface area contributed by atoms with Crippen LogP contribution in [0.3, 0.4) is 0 Å². The normalized spacial score (nSPS) is 18.2. The van der Waals surface area contributed by atoms with E-state index in [0.29, 0.717) is 4.75 Å². The molecule has 0 saturated heterocycles. The van der Waals surface area contributed by atoms with Gasteiger partial charge in [0.05, 0.1) is 0 Å². The standard InChI is InChI=1S/C12H18N2S/c1-15-12(7-2-8-12)9-14-11-5-3-10(13)4-6-11/h3-6,14H,2,7-9,13H2,1H3. The van der Waals surface area contributed by atoms with Crippen LogP contribution in [-0.2, 0) is 0 Å². The molecular weight excluding hydrogens is 204 g/mol. The summed E-state index contributed by atoms with van der Waals surface area (Å²) >= 11 is 1.99. The van der Waals surface area contributed by atoms with Gasteiger partial charge in [0.15, 0.2) is 0 Å². The predicted molar refractivity (Wildman–Crippen MR) is 69.4 cm³/mol. The predicted octanol–water partition coefficient (Wildman–Crippen LogP) is 2.97. The smallest absolute Gasteiger partial charge is 0.0342 e. The molecule has 15 heavy (non-hydrogen) atoms. The molecule has 2 nitrogen and oxygen atoms in total. The highest BCUT2D eigenvalue weighted by atomic mass is 32.2. The van der Waals surface area contributed by atoms with Crippen molar-refractivity contribution in [2.75, 3.05) is 23.9 Å². The van der Waals surface area contributed by atoms with Crippen molar-refractivity contribution in [3.63, 3.8) is 0 Å². The maximum absolute atomic E-state index is 5.64. The van der Waals surface area contributed by atoms with E-state index in [4.69, 9.17) is 5.73 Å². The largest absolute Gasteiger partial charge is 0.399 e. The summed E-state index contributed by atoms with van der Waals surface area (Å²) in [6.07, 6.45) is 6.28. The van der Waals surface area contributed by atoms with Gasteiger partial charge in [-0.25, -0.2) is 0 Å². The van der Waals surface area contributed by atoms with Crippen molar-refractivity contribution >= 4 is 23.1 Å². The number of benzene rings is 1. The number of hydrogen-bond acceptors (Lipinski definition) is 3. The number of thioether (sulfide) groups is 1. The molecule has 1 aliphatic carbocycles. The molecule has 0 amide bonds. The number of nitrogen functional groups attached to an aromatic ring is 1. The van der Waals surface area contributed by atoms with Crippen LogP contribution >= 0.6 is 11.8 Å². The average molecular weight is 222 g/mol. The Bertz CT molecular complexity index is 311. The summed E-state index contributed by atoms with van der Waals surface area (Å²) in [5, 5.41) is 3.49. The second-order valence-corrected chi connectivity index (χ2v) is 5.49. The molecule has 1 fully saturated rings. The van der Waals surface area contributed by atoms with Crippen LogP contribution in [0.4, 0.5) is 11.4 Å². The quantitative estimate of drug-likeness (QED) is 0.769. The highest BCUT2D eigenvalue weighted by Crippen LogP contribution is 2.42. The van der Waals surface area contributed by atoms with Crippen molar-refractivity contribution in [2.45, 2.75) is 24.0 Å². The van der Waals surface area contributed by atoms with Gasteiger partial charge in [0, 0.05) is 22.7 Å². The second-order valence-electron chi connectivity index (χ2n) is 4.22. The molecule has 1 aromatic carbocycles. The first-order valence-corrected chi connectivity index (χ1v) is 6.61. The number of rotatable bonds is 4. The van der Waals surface area contributed by atoms with Crippen molar-refractivity contribution in [1.29, 1.82) is 0 Å². The Morgan fingerprint density at radius 2 is 2.00 bits per heavy atom. The zero-order chi connectivity index (χ0) is 10.7. The Balaban J connectivity index is 1.90. The molecule has 1 saturated carbocycles. The minimum atomic E-state index is 0.487. The lowest BCUT2D eigenvalue weighted by Gasteiger charge is -2.40. The van der Waals surface area contributed by atoms with Crippen LogP contribution in [0.25, 0.3) is 0 Å². The molecule has 0 aromatic heterocycles. The van der Waals surface area contributed by atoms with E-state index in [9.17, 15) is 0 Å². The Morgan fingerprint density at radius 1 is 1.33 bits per heavy atom. The van der Waals surface area contributed by atoms with Crippen molar-refractivity contribution in [1.82, 2.24) is 0 Å². The molecule has 3 N–H and O–H groups in total. The zero-order valence-corrected chi connectivity index (χ0v) is 9.94. The molecule has 0 unspecified atom stereocenters. The summed E-state index contributed by atoms with van der Waals surface area (Å²) < 4.78 is 0.487. The Kier molecular flexibility index (Phi) is 3.10. The van der Waals surface area contributed by atoms with E-state index in [1.54, 1.807) is 0 Å². The van der Waals surface area contributed by atoms with Gasteiger partial charge in [-0.3, -0.25) is 0 Å². The number of hydrogen-bond donors (Lipinski definition) is 2. The average Bonchev–Trinajstić information content (AvgIpc) is 2.20. The van der Waals surface area contributed by atoms with Gasteiger partial charge in [0.2, 0.25) is 0 Å². The van der Waals surface area contributed by atoms with E-state index in [-0.39, 0.29) is 0 Å². The molecule has 1 aromatic rings. The third-order valence-electron chi connectivity index (χ3n) is 3.22. The van der Waals surface area contributed by atoms with Gasteiger partial charge >= 0.3 is 0 Å². The number of nitrogens with one attached hydrogen (secondary N) is 1. The molecule has 82 valence electrons. The molecule has 0 radical (unpaired) electrons. The summed E-state index contributed by atoms with van der Waals surface area (Å²) in [6.45, 7) is 1.07. The van der Waals surface area contributed by atoms with E-state index in [2.05, 4.69) is 11.6 Å². The molecule has 0 bridgehead atoms. The summed E-state index contributed by atoms with van der Waals surface area (Å²) in [5.74, 6) is 0. The lowest BCUT2D eigenvalue weighted by atomic mass is 9.84. The lowest BCUT2D eigenvalue weighted by molar-refractivity contribution is 0.380. The molecule has 2 rings (SSSR count). The Labute approximate surface area is 95.6 Å². The van der Waals surface area contributed by atoms with Gasteiger partial charge in [0.25, 0.3) is 0 Å². The van der Waals surface area contributed by atoms with Gasteiger partial charge in [-0.2, -0.15) is 11.8 Å². The molecule has 0 heterocycles. The molecule has 0 atom stereocenters. The first-order valence-electron chi connectivity index (χ1n) is 5.39. The second kappa shape index (κ2) is 4.35. The molecule has 1 aliphatic rings. The van der Waals surface area contributed by atoms with Gasteiger partial charge in [0.1, 0.15) is 0 Å². The van der Waals surface area contributed by atoms with E-state index in [0.717, 1.165) is 12.2 Å². The first-order chi connectivity index (χ1) is 7.24. The van der Waals surface area contributed by atoms with Crippen molar-refractivity contribution in [3.05, 3.63) is 24.3 Å². The van der Waals surface area contributed by atoms with Crippen LogP contribution in [0.5, 0.6) is 0 Å². The van der Waals surface area contributed by atoms with Crippen LogP contribution in [0.15, 0.2) is 24.3 Å². The summed E-state index contributed by atoms with van der Waals surface area (Å²) in [4.78, 5) is 0. The Morgan fingerprint density at radius 3 is 2.47 bits per heavy atom. The fourth-order valence-corrected chi connectivity index (χ4v) is 2.80.